The van der Waals surface area contributed by atoms with E-state index >= 15 is 0 Å². The summed E-state index contributed by atoms with van der Waals surface area (Å²) in [6, 6.07) is 19.2. The molecule has 0 spiro atoms. The Morgan fingerprint density at radius 3 is 1.16 bits per heavy atom. The number of carboxylic acid groups (broad SMARTS) is 3. The summed E-state index contributed by atoms with van der Waals surface area (Å²) in [4.78, 5) is 56.1. The summed E-state index contributed by atoms with van der Waals surface area (Å²) in [7, 11) is -4.06. The number of nitrogens with zero attached hydrogens (tertiary/aromatic N) is 5. The van der Waals surface area contributed by atoms with Gasteiger partial charge in [0.2, 0.25) is 0 Å². The van der Waals surface area contributed by atoms with Crippen LogP contribution < -0.4 is 26.4 Å². The van der Waals surface area contributed by atoms with Crippen molar-refractivity contribution in [2.24, 2.45) is 0 Å². The van der Waals surface area contributed by atoms with Gasteiger partial charge in [-0.2, -0.15) is 0 Å². The third-order valence-corrected chi connectivity index (χ3v) is 8.98. The molecule has 288 valence electrons. The third kappa shape index (κ3) is 22.7. The van der Waals surface area contributed by atoms with Gasteiger partial charge in [0.1, 0.15) is 0 Å². The number of carbonyl (C=O) groups excluding carboxylic acids is 3. The molecule has 0 saturated carbocycles. The number of carboxylic acids is 3. The van der Waals surface area contributed by atoms with Gasteiger partial charge in [0, 0.05) is 105 Å². The van der Waals surface area contributed by atoms with E-state index in [1.54, 1.807) is 19.6 Å². The third-order valence-electron chi connectivity index (χ3n) is 7.32. The van der Waals surface area contributed by atoms with E-state index in [0.717, 1.165) is 11.1 Å². The Morgan fingerprint density at radius 1 is 0.600 bits per heavy atom. The van der Waals surface area contributed by atoms with Crippen LogP contribution in [0.5, 0.6) is 0 Å². The van der Waals surface area contributed by atoms with Gasteiger partial charge in [0.05, 0.1) is 17.9 Å². The van der Waals surface area contributed by atoms with Crippen LogP contribution in [0.2, 0.25) is 0 Å². The number of quaternary nitrogens is 1. The fourth-order valence-electron chi connectivity index (χ4n) is 5.24. The van der Waals surface area contributed by atoms with Crippen LogP contribution in [0.15, 0.2) is 60.7 Å². The number of carbonyl (C=O) groups is 3. The van der Waals surface area contributed by atoms with Gasteiger partial charge in [0.15, 0.2) is 0 Å². The molecule has 1 heterocycles. The fourth-order valence-corrected chi connectivity index (χ4v) is 7.03. The molecule has 0 bridgehead atoms. The molecule has 0 aliphatic carbocycles. The van der Waals surface area contributed by atoms with Gasteiger partial charge in [-0.1, -0.05) is 60.7 Å². The maximum atomic E-state index is 13.7. The summed E-state index contributed by atoms with van der Waals surface area (Å²) in [5.41, 5.74) is 1.94. The van der Waals surface area contributed by atoms with Crippen molar-refractivity contribution in [1.82, 2.24) is 30.7 Å². The second-order valence-corrected chi connectivity index (χ2v) is 13.3. The Bertz CT molecular complexity index is 1180. The normalized spacial score (nSPS) is 16.0. The van der Waals surface area contributed by atoms with Gasteiger partial charge >= 0.3 is 38.6 Å². The Balaban J connectivity index is -0.00000176. The number of aliphatic carboxylic acids is 3. The van der Waals surface area contributed by atoms with E-state index < -0.39 is 44.9 Å². The summed E-state index contributed by atoms with van der Waals surface area (Å²) in [6.45, 7) is 1.14. The van der Waals surface area contributed by atoms with Gasteiger partial charge in [-0.3, -0.25) is 24.5 Å². The maximum absolute atomic E-state index is 13.7. The molecule has 1 fully saturated rings. The van der Waals surface area contributed by atoms with Gasteiger partial charge in [0.25, 0.3) is 0 Å². The molecule has 50 heavy (non-hydrogen) atoms. The van der Waals surface area contributed by atoms with E-state index in [1.807, 2.05) is 65.6 Å². The first-order valence-electron chi connectivity index (χ1n) is 14.6. The molecule has 1 unspecified atom stereocenters. The van der Waals surface area contributed by atoms with Gasteiger partial charge in [-0.05, 0) is 11.1 Å². The largest absolute Gasteiger partial charge is 3.00 e. The first kappa shape index (κ1) is 54.7. The fraction of sp³-hybridized carbons (Fsp3) is 0.500. The van der Waals surface area contributed by atoms with Crippen molar-refractivity contribution in [3.8, 4) is 0 Å². The zero-order valence-corrected chi connectivity index (χ0v) is 31.3. The summed E-state index contributed by atoms with van der Waals surface area (Å²) in [5.74, 6) is -3.91. The van der Waals surface area contributed by atoms with E-state index in [1.165, 1.54) is 0 Å². The van der Waals surface area contributed by atoms with E-state index in [0.29, 0.717) is 13.1 Å². The average Bonchev–Trinajstić information content (AvgIpc) is 2.94. The summed E-state index contributed by atoms with van der Waals surface area (Å²) in [6.07, 6.45) is -0.487. The van der Waals surface area contributed by atoms with Crippen LogP contribution >= 0.6 is 7.37 Å². The SMILES string of the molecule is O.O.O.O=C([O-])CN1CCN(CC(=O)[O-])CCN(CP(=O)([O-])CN(Cc2ccccc2)Cc2ccccc2)CCN(CC(=O)[O-])CC1.[NH4+].[OH3+].[Tb+3]. The predicted molar refractivity (Wildman–Crippen MR) is 177 cm³/mol. The zero-order chi connectivity index (χ0) is 32.0. The number of benzene rings is 2. The molecule has 1 saturated heterocycles. The van der Waals surface area contributed by atoms with Crippen molar-refractivity contribution in [3.63, 3.8) is 0 Å². The second-order valence-electron chi connectivity index (χ2n) is 11.1. The monoisotopic (exact) mass is 879 g/mol. The molecule has 18 nitrogen and oxygen atoms in total. The molecule has 0 radical (unpaired) electrons. The van der Waals surface area contributed by atoms with Crippen LogP contribution in [-0.4, -0.2) is 143 Å². The predicted octanol–water partition coefficient (Wildman–Crippen LogP) is -6.31. The zero-order valence-electron chi connectivity index (χ0n) is 28.2. The number of hydrogen-bond acceptors (Lipinski definition) is 13. The number of rotatable bonds is 14. The van der Waals surface area contributed by atoms with Crippen LogP contribution in [0.1, 0.15) is 11.1 Å². The second kappa shape index (κ2) is 28.5. The van der Waals surface area contributed by atoms with E-state index in [2.05, 4.69) is 0 Å². The molecule has 2 aromatic rings. The minimum absolute atomic E-state index is 0. The molecule has 2 aromatic carbocycles. The Labute approximate surface area is 323 Å². The molecule has 0 aromatic heterocycles. The Hall–Kier alpha value is -2.07. The van der Waals surface area contributed by atoms with Gasteiger partial charge in [-0.25, -0.2) is 0 Å². The maximum Gasteiger partial charge on any atom is 3.00 e. The molecular weight excluding hydrogens is 826 g/mol. The molecule has 13 N–H and O–H groups in total. The van der Waals surface area contributed by atoms with Crippen LogP contribution in [0.4, 0.5) is 0 Å². The van der Waals surface area contributed by atoms with E-state index in [4.69, 9.17) is 0 Å². The van der Waals surface area contributed by atoms with E-state index in [9.17, 15) is 39.2 Å². The van der Waals surface area contributed by atoms with Crippen LogP contribution in [0.3, 0.4) is 0 Å². The minimum atomic E-state index is -4.06. The van der Waals surface area contributed by atoms with Crippen molar-refractivity contribution in [3.05, 3.63) is 71.8 Å². The standard InChI is InChI=1S/C30H44N5O8P.H3N.4H2O.Tb/c36-28(37)21-31-11-13-32(22-29(38)39)15-17-34(18-16-33(14-12-31)23-30(40)41)24-44(42,43)25-35(19-26-7-3-1-4-8-26)20-27-9-5-2-6-10-27;;;;;;/h1-10H,11-25H2,(H,36,37)(H,38,39)(H,40,41)(H,42,43);1H3;4*1H2;/q;;;;;;+3/p-2. The van der Waals surface area contributed by atoms with Crippen LogP contribution in [0, 0.1) is 38.6 Å². The minimum Gasteiger partial charge on any atom is -0.798 e. The molecule has 20 heteroatoms. The number of hydrogen-bond donors (Lipinski definition) is 1. The molecular formula is C30H53N6O12PTb+. The van der Waals surface area contributed by atoms with Crippen molar-refractivity contribution in [1.29, 1.82) is 0 Å². The van der Waals surface area contributed by atoms with Crippen LogP contribution in [0.25, 0.3) is 0 Å². The summed E-state index contributed by atoms with van der Waals surface area (Å²) >= 11 is 0. The average molecular weight is 880 g/mol. The first-order valence-corrected chi connectivity index (χ1v) is 16.6. The van der Waals surface area contributed by atoms with Crippen molar-refractivity contribution >= 4 is 25.3 Å². The Kier molecular flexibility index (Phi) is 31.2. The van der Waals surface area contributed by atoms with Crippen molar-refractivity contribution in [2.45, 2.75) is 13.1 Å². The van der Waals surface area contributed by atoms with Gasteiger partial charge < -0.3 is 67.2 Å². The van der Waals surface area contributed by atoms with Crippen LogP contribution in [-0.2, 0) is 37.5 Å². The van der Waals surface area contributed by atoms with Crippen molar-refractivity contribution in [2.75, 3.05) is 84.6 Å². The topological polar surface area (TPSA) is 341 Å². The first-order chi connectivity index (χ1) is 21.0. The molecule has 1 aliphatic rings. The summed E-state index contributed by atoms with van der Waals surface area (Å²) in [5, 5.41) is 34.1. The van der Waals surface area contributed by atoms with E-state index in [-0.39, 0.29) is 132 Å². The molecule has 1 aliphatic heterocycles. The molecule has 1 atom stereocenters. The smallest absolute Gasteiger partial charge is 0.798 e. The molecule has 3 rings (SSSR count). The Morgan fingerprint density at radius 2 is 0.880 bits per heavy atom. The summed E-state index contributed by atoms with van der Waals surface area (Å²) < 4.78 is 13.7. The quantitative estimate of drug-likeness (QED) is 0.137. The molecule has 0 amide bonds. The van der Waals surface area contributed by atoms with Gasteiger partial charge in [-0.15, -0.1) is 0 Å². The van der Waals surface area contributed by atoms with Crippen molar-refractivity contribution < 1.29 is 99.7 Å².